The van der Waals surface area contributed by atoms with Gasteiger partial charge in [-0.3, -0.25) is 14.4 Å². The average Bonchev–Trinajstić information content (AvgIpc) is 2.57. The first-order valence-electron chi connectivity index (χ1n) is 10.9. The van der Waals surface area contributed by atoms with Gasteiger partial charge in [0.05, 0.1) is 0 Å². The highest BCUT2D eigenvalue weighted by Gasteiger charge is 2.46. The maximum atomic E-state index is 12.1. The largest absolute Gasteiger partial charge is 0.422 e. The Bertz CT molecular complexity index is 449. The molecule has 1 saturated heterocycles. The van der Waals surface area contributed by atoms with Crippen molar-refractivity contribution in [2.24, 2.45) is 5.92 Å². The molecule has 5 heteroatoms. The molecule has 0 aliphatic carbocycles. The molecule has 1 rings (SSSR count). The Morgan fingerprint density at radius 1 is 0.741 bits per heavy atom. The third-order valence-corrected chi connectivity index (χ3v) is 5.01. The first-order valence-corrected chi connectivity index (χ1v) is 10.9. The molecule has 1 aliphatic rings. The molecule has 156 valence electrons. The summed E-state index contributed by atoms with van der Waals surface area (Å²) < 4.78 is 9.99. The third-order valence-electron chi connectivity index (χ3n) is 5.01. The lowest BCUT2D eigenvalue weighted by Crippen LogP contribution is -2.49. The van der Waals surface area contributed by atoms with E-state index in [4.69, 9.17) is 9.47 Å². The summed E-state index contributed by atoms with van der Waals surface area (Å²) in [5, 5.41) is 0. The SMILES string of the molecule is CCCCCCCCCCCCCCCC(=O)C1C(=O)OC(C)(C)OC1=O. The average molecular weight is 383 g/mol. The maximum Gasteiger partial charge on any atom is 0.331 e. The van der Waals surface area contributed by atoms with Crippen molar-refractivity contribution >= 4 is 17.7 Å². The fourth-order valence-corrected chi connectivity index (χ4v) is 3.44. The normalized spacial score (nSPS) is 16.9. The van der Waals surface area contributed by atoms with Crippen LogP contribution in [0, 0.1) is 5.92 Å². The monoisotopic (exact) mass is 382 g/mol. The Balaban J connectivity index is 2.00. The van der Waals surface area contributed by atoms with Crippen molar-refractivity contribution < 1.29 is 23.9 Å². The molecule has 0 unspecified atom stereocenters. The van der Waals surface area contributed by atoms with Crippen LogP contribution >= 0.6 is 0 Å². The van der Waals surface area contributed by atoms with E-state index in [9.17, 15) is 14.4 Å². The van der Waals surface area contributed by atoms with E-state index in [1.807, 2.05) is 0 Å². The van der Waals surface area contributed by atoms with Crippen LogP contribution in [0.3, 0.4) is 0 Å². The van der Waals surface area contributed by atoms with Crippen molar-refractivity contribution in [3.63, 3.8) is 0 Å². The highest BCUT2D eigenvalue weighted by Crippen LogP contribution is 2.25. The van der Waals surface area contributed by atoms with E-state index >= 15 is 0 Å². The van der Waals surface area contributed by atoms with Gasteiger partial charge in [0.2, 0.25) is 5.92 Å². The molecule has 0 saturated carbocycles. The Labute approximate surface area is 164 Å². The van der Waals surface area contributed by atoms with Crippen molar-refractivity contribution in [1.29, 1.82) is 0 Å². The molecule has 1 heterocycles. The molecular formula is C22H38O5. The van der Waals surface area contributed by atoms with Crippen LogP contribution in [0.15, 0.2) is 0 Å². The molecule has 0 N–H and O–H groups in total. The summed E-state index contributed by atoms with van der Waals surface area (Å²) in [7, 11) is 0. The van der Waals surface area contributed by atoms with Crippen LogP contribution in [0.5, 0.6) is 0 Å². The minimum Gasteiger partial charge on any atom is -0.422 e. The zero-order chi connectivity index (χ0) is 20.1. The van der Waals surface area contributed by atoms with E-state index < -0.39 is 23.6 Å². The lowest BCUT2D eigenvalue weighted by atomic mass is 9.97. The molecule has 0 atom stereocenters. The smallest absolute Gasteiger partial charge is 0.331 e. The summed E-state index contributed by atoms with van der Waals surface area (Å²) >= 11 is 0. The quantitative estimate of drug-likeness (QED) is 0.213. The van der Waals surface area contributed by atoms with Crippen LogP contribution < -0.4 is 0 Å². The number of hydrogen-bond donors (Lipinski definition) is 0. The minimum absolute atomic E-state index is 0.229. The standard InChI is InChI=1S/C22H38O5/c1-4-5-6-7-8-9-10-11-12-13-14-15-16-17-18(23)19-20(24)26-22(2,3)27-21(19)25/h19H,4-17H2,1-3H3. The number of ether oxygens (including phenoxy) is 2. The molecule has 27 heavy (non-hydrogen) atoms. The first-order chi connectivity index (χ1) is 12.9. The second-order valence-corrected chi connectivity index (χ2v) is 8.13. The van der Waals surface area contributed by atoms with Crippen LogP contribution in [0.2, 0.25) is 0 Å². The van der Waals surface area contributed by atoms with Crippen molar-refractivity contribution in [3.8, 4) is 0 Å². The first kappa shape index (κ1) is 23.6. The van der Waals surface area contributed by atoms with E-state index in [1.165, 1.54) is 78.1 Å². The fraction of sp³-hybridized carbons (Fsp3) is 0.864. The summed E-state index contributed by atoms with van der Waals surface area (Å²) in [5.74, 6) is -4.62. The van der Waals surface area contributed by atoms with E-state index in [-0.39, 0.29) is 12.2 Å². The number of carbonyl (C=O) groups excluding carboxylic acids is 3. The molecule has 0 bridgehead atoms. The maximum absolute atomic E-state index is 12.1. The Morgan fingerprint density at radius 3 is 1.52 bits per heavy atom. The zero-order valence-corrected chi connectivity index (χ0v) is 17.5. The molecule has 0 spiro atoms. The van der Waals surface area contributed by atoms with Crippen LogP contribution in [0.25, 0.3) is 0 Å². The number of cyclic esters (lactones) is 2. The second-order valence-electron chi connectivity index (χ2n) is 8.13. The highest BCUT2D eigenvalue weighted by molar-refractivity contribution is 6.15. The number of ketones is 1. The van der Waals surface area contributed by atoms with Crippen molar-refractivity contribution in [3.05, 3.63) is 0 Å². The van der Waals surface area contributed by atoms with Gasteiger partial charge in [-0.1, -0.05) is 84.0 Å². The van der Waals surface area contributed by atoms with Gasteiger partial charge in [0.15, 0.2) is 5.78 Å². The summed E-state index contributed by atoms with van der Waals surface area (Å²) in [6, 6.07) is 0. The van der Waals surface area contributed by atoms with Gasteiger partial charge in [-0.05, 0) is 6.42 Å². The fourth-order valence-electron chi connectivity index (χ4n) is 3.44. The molecule has 0 aromatic carbocycles. The van der Waals surface area contributed by atoms with E-state index in [1.54, 1.807) is 0 Å². The summed E-state index contributed by atoms with van der Waals surface area (Å²) in [4.78, 5) is 35.8. The van der Waals surface area contributed by atoms with Gasteiger partial charge in [-0.2, -0.15) is 0 Å². The van der Waals surface area contributed by atoms with Crippen molar-refractivity contribution in [2.75, 3.05) is 0 Å². The highest BCUT2D eigenvalue weighted by atomic mass is 16.7. The lowest BCUT2D eigenvalue weighted by molar-refractivity contribution is -0.238. The van der Waals surface area contributed by atoms with Gasteiger partial charge in [0, 0.05) is 20.3 Å². The summed E-state index contributed by atoms with van der Waals surface area (Å²) in [6.07, 6.45) is 16.2. The molecule has 0 aromatic rings. The predicted molar refractivity (Wildman–Crippen MR) is 105 cm³/mol. The van der Waals surface area contributed by atoms with E-state index in [2.05, 4.69) is 6.92 Å². The molecule has 0 amide bonds. The van der Waals surface area contributed by atoms with Crippen LogP contribution in [0.4, 0.5) is 0 Å². The molecule has 0 radical (unpaired) electrons. The number of Topliss-reactive ketones (excluding diaryl/α,β-unsaturated/α-hetero) is 1. The zero-order valence-electron chi connectivity index (χ0n) is 17.5. The number of esters is 2. The predicted octanol–water partition coefficient (Wildman–Crippen LogP) is 5.49. The lowest BCUT2D eigenvalue weighted by Gasteiger charge is -2.32. The van der Waals surface area contributed by atoms with Gasteiger partial charge in [0.1, 0.15) is 0 Å². The molecule has 0 aromatic heterocycles. The van der Waals surface area contributed by atoms with Gasteiger partial charge in [0.25, 0.3) is 5.79 Å². The minimum atomic E-state index is -1.39. The molecular weight excluding hydrogens is 344 g/mol. The topological polar surface area (TPSA) is 69.7 Å². The Morgan fingerprint density at radius 2 is 1.11 bits per heavy atom. The molecule has 5 nitrogen and oxygen atoms in total. The van der Waals surface area contributed by atoms with Crippen molar-refractivity contribution in [1.82, 2.24) is 0 Å². The number of unbranched alkanes of at least 4 members (excludes halogenated alkanes) is 12. The molecule has 1 aliphatic heterocycles. The number of carbonyl (C=O) groups is 3. The van der Waals surface area contributed by atoms with E-state index in [0.717, 1.165) is 12.8 Å². The van der Waals surface area contributed by atoms with Gasteiger partial charge in [-0.15, -0.1) is 0 Å². The van der Waals surface area contributed by atoms with Crippen LogP contribution in [-0.4, -0.2) is 23.5 Å². The number of hydrogen-bond acceptors (Lipinski definition) is 5. The summed E-state index contributed by atoms with van der Waals surface area (Å²) in [6.45, 7) is 5.21. The Kier molecular flexibility index (Phi) is 11.3. The Hall–Kier alpha value is -1.39. The summed E-state index contributed by atoms with van der Waals surface area (Å²) in [5.41, 5.74) is 0. The van der Waals surface area contributed by atoms with Crippen LogP contribution in [-0.2, 0) is 23.9 Å². The van der Waals surface area contributed by atoms with E-state index in [0.29, 0.717) is 6.42 Å². The molecule has 1 fully saturated rings. The van der Waals surface area contributed by atoms with Crippen molar-refractivity contribution in [2.45, 2.75) is 116 Å². The second kappa shape index (κ2) is 12.9. The van der Waals surface area contributed by atoms with Gasteiger partial charge in [-0.25, -0.2) is 0 Å². The van der Waals surface area contributed by atoms with Gasteiger partial charge < -0.3 is 9.47 Å². The van der Waals surface area contributed by atoms with Crippen LogP contribution in [0.1, 0.15) is 111 Å². The van der Waals surface area contributed by atoms with Gasteiger partial charge >= 0.3 is 11.9 Å². The number of rotatable bonds is 15. The third kappa shape index (κ3) is 9.92.